The van der Waals surface area contributed by atoms with Gasteiger partial charge in [-0.15, -0.1) is 0 Å². The van der Waals surface area contributed by atoms with E-state index in [-0.39, 0.29) is 0 Å². The topological polar surface area (TPSA) is 32.5 Å². The Morgan fingerprint density at radius 2 is 1.58 bits per heavy atom. The summed E-state index contributed by atoms with van der Waals surface area (Å²) in [6.07, 6.45) is 4.84. The summed E-state index contributed by atoms with van der Waals surface area (Å²) in [5.74, 6) is 0. The first-order chi connectivity index (χ1) is 9.06. The van der Waals surface area contributed by atoms with Crippen molar-refractivity contribution in [3.05, 3.63) is 29.8 Å². The predicted octanol–water partition coefficient (Wildman–Crippen LogP) is 2.45. The van der Waals surface area contributed by atoms with Crippen LogP contribution >= 0.6 is 0 Å². The molecule has 0 aliphatic heterocycles. The fraction of sp³-hybridized carbons (Fsp3) is 0.625. The Kier molecular flexibility index (Phi) is 4.83. The van der Waals surface area contributed by atoms with E-state index in [1.165, 1.54) is 36.9 Å². The lowest BCUT2D eigenvalue weighted by Gasteiger charge is -2.33. The van der Waals surface area contributed by atoms with Crippen molar-refractivity contribution >= 4 is 5.69 Å². The number of anilines is 1. The third-order valence-electron chi connectivity index (χ3n) is 4.25. The lowest BCUT2D eigenvalue weighted by atomic mass is 9.91. The van der Waals surface area contributed by atoms with Crippen LogP contribution in [0.25, 0.3) is 0 Å². The maximum Gasteiger partial charge on any atom is 0.0361 e. The van der Waals surface area contributed by atoms with Crippen LogP contribution in [0.2, 0.25) is 0 Å². The van der Waals surface area contributed by atoms with Crippen molar-refractivity contribution in [3.8, 4) is 0 Å². The Balaban J connectivity index is 1.89. The van der Waals surface area contributed by atoms with Crippen LogP contribution in [0.5, 0.6) is 0 Å². The van der Waals surface area contributed by atoms with E-state index in [1.807, 2.05) is 0 Å². The van der Waals surface area contributed by atoms with Gasteiger partial charge in [-0.25, -0.2) is 0 Å². The van der Waals surface area contributed by atoms with E-state index in [0.29, 0.717) is 12.1 Å². The van der Waals surface area contributed by atoms with Gasteiger partial charge in [-0.3, -0.25) is 4.90 Å². The van der Waals surface area contributed by atoms with Crippen molar-refractivity contribution < 1.29 is 0 Å². The van der Waals surface area contributed by atoms with Gasteiger partial charge in [0.05, 0.1) is 0 Å². The molecule has 0 heterocycles. The van der Waals surface area contributed by atoms with Crippen molar-refractivity contribution in [2.24, 2.45) is 5.73 Å². The molecule has 19 heavy (non-hydrogen) atoms. The lowest BCUT2D eigenvalue weighted by molar-refractivity contribution is 0.176. The molecular weight excluding hydrogens is 234 g/mol. The maximum absolute atomic E-state index is 5.97. The molecule has 1 fully saturated rings. The van der Waals surface area contributed by atoms with Gasteiger partial charge < -0.3 is 10.6 Å². The zero-order valence-electron chi connectivity index (χ0n) is 12.5. The summed E-state index contributed by atoms with van der Waals surface area (Å²) in [6.45, 7) is 1.04. The number of hydrogen-bond donors (Lipinski definition) is 1. The molecule has 106 valence electrons. The summed E-state index contributed by atoms with van der Waals surface area (Å²) in [7, 11) is 6.39. The first-order valence-corrected chi connectivity index (χ1v) is 7.28. The lowest BCUT2D eigenvalue weighted by Crippen LogP contribution is -2.38. The molecule has 0 atom stereocenters. The molecule has 0 saturated heterocycles. The molecule has 2 N–H and O–H groups in total. The van der Waals surface area contributed by atoms with Crippen molar-refractivity contribution in [1.29, 1.82) is 0 Å². The molecule has 1 aliphatic rings. The third-order valence-corrected chi connectivity index (χ3v) is 4.25. The molecule has 0 bridgehead atoms. The van der Waals surface area contributed by atoms with E-state index in [2.05, 4.69) is 55.2 Å². The summed E-state index contributed by atoms with van der Waals surface area (Å²) in [5.41, 5.74) is 8.62. The first-order valence-electron chi connectivity index (χ1n) is 7.28. The molecule has 3 nitrogen and oxygen atoms in total. The Morgan fingerprint density at radius 3 is 2.11 bits per heavy atom. The second kappa shape index (κ2) is 6.40. The summed E-state index contributed by atoms with van der Waals surface area (Å²) < 4.78 is 0. The second-order valence-corrected chi connectivity index (χ2v) is 6.04. The molecule has 3 heteroatoms. The zero-order chi connectivity index (χ0) is 13.8. The van der Waals surface area contributed by atoms with Crippen LogP contribution in [-0.2, 0) is 6.54 Å². The van der Waals surface area contributed by atoms with Crippen LogP contribution in [0.1, 0.15) is 31.2 Å². The minimum absolute atomic E-state index is 0.434. The molecule has 0 amide bonds. The Morgan fingerprint density at radius 1 is 1.00 bits per heavy atom. The maximum atomic E-state index is 5.97. The van der Waals surface area contributed by atoms with E-state index in [1.54, 1.807) is 0 Å². The van der Waals surface area contributed by atoms with E-state index >= 15 is 0 Å². The highest BCUT2D eigenvalue weighted by atomic mass is 15.1. The fourth-order valence-corrected chi connectivity index (χ4v) is 2.86. The normalized spacial score (nSPS) is 23.6. The average molecular weight is 261 g/mol. The van der Waals surface area contributed by atoms with Crippen LogP contribution in [0.15, 0.2) is 24.3 Å². The van der Waals surface area contributed by atoms with Gasteiger partial charge in [-0.1, -0.05) is 12.1 Å². The second-order valence-electron chi connectivity index (χ2n) is 6.04. The average Bonchev–Trinajstić information content (AvgIpc) is 2.40. The molecule has 0 spiro atoms. The van der Waals surface area contributed by atoms with Crippen LogP contribution in [0, 0.1) is 0 Å². The molecule has 0 aromatic heterocycles. The molecular formula is C16H27N3. The van der Waals surface area contributed by atoms with Gasteiger partial charge >= 0.3 is 0 Å². The number of hydrogen-bond acceptors (Lipinski definition) is 3. The Labute approximate surface area is 117 Å². The summed E-state index contributed by atoms with van der Waals surface area (Å²) >= 11 is 0. The van der Waals surface area contributed by atoms with Gasteiger partial charge in [0.2, 0.25) is 0 Å². The van der Waals surface area contributed by atoms with Gasteiger partial charge in [0.1, 0.15) is 0 Å². The molecule has 0 radical (unpaired) electrons. The first kappa shape index (κ1) is 14.4. The van der Waals surface area contributed by atoms with Crippen LogP contribution < -0.4 is 10.6 Å². The Hall–Kier alpha value is -1.06. The number of rotatable bonds is 4. The molecule has 1 aromatic rings. The van der Waals surface area contributed by atoms with Gasteiger partial charge in [0.25, 0.3) is 0 Å². The van der Waals surface area contributed by atoms with Gasteiger partial charge in [0.15, 0.2) is 0 Å². The summed E-state index contributed by atoms with van der Waals surface area (Å²) in [6, 6.07) is 10.00. The van der Waals surface area contributed by atoms with Crippen LogP contribution in [0.3, 0.4) is 0 Å². The quantitative estimate of drug-likeness (QED) is 0.903. The predicted molar refractivity (Wildman–Crippen MR) is 82.5 cm³/mol. The molecule has 1 saturated carbocycles. The fourth-order valence-electron chi connectivity index (χ4n) is 2.86. The van der Waals surface area contributed by atoms with Gasteiger partial charge in [0, 0.05) is 38.4 Å². The smallest absolute Gasteiger partial charge is 0.0361 e. The van der Waals surface area contributed by atoms with Gasteiger partial charge in [-0.2, -0.15) is 0 Å². The van der Waals surface area contributed by atoms with Crippen molar-refractivity contribution in [2.75, 3.05) is 26.0 Å². The van der Waals surface area contributed by atoms with Gasteiger partial charge in [-0.05, 0) is 50.4 Å². The standard InChI is InChI=1S/C16H27N3/c1-18(2)15-8-4-13(5-9-15)12-19(3)16-10-6-14(17)7-11-16/h4-5,8-9,14,16H,6-7,10-12,17H2,1-3H3. The minimum atomic E-state index is 0.434. The van der Waals surface area contributed by atoms with Crippen molar-refractivity contribution in [1.82, 2.24) is 4.90 Å². The third kappa shape index (κ3) is 3.95. The van der Waals surface area contributed by atoms with E-state index < -0.39 is 0 Å². The molecule has 1 aliphatic carbocycles. The summed E-state index contributed by atoms with van der Waals surface area (Å²) in [5, 5.41) is 0. The Bertz CT molecular complexity index is 377. The highest BCUT2D eigenvalue weighted by Crippen LogP contribution is 2.23. The van der Waals surface area contributed by atoms with E-state index in [0.717, 1.165) is 6.54 Å². The van der Waals surface area contributed by atoms with Crippen LogP contribution in [0.4, 0.5) is 5.69 Å². The van der Waals surface area contributed by atoms with Crippen molar-refractivity contribution in [2.45, 2.75) is 44.3 Å². The largest absolute Gasteiger partial charge is 0.378 e. The number of nitrogens with zero attached hydrogens (tertiary/aromatic N) is 2. The SMILES string of the molecule is CN(C)c1ccc(CN(C)C2CCC(N)CC2)cc1. The van der Waals surface area contributed by atoms with Crippen LogP contribution in [-0.4, -0.2) is 38.1 Å². The minimum Gasteiger partial charge on any atom is -0.378 e. The number of nitrogens with two attached hydrogens (primary N) is 1. The van der Waals surface area contributed by atoms with E-state index in [9.17, 15) is 0 Å². The van der Waals surface area contributed by atoms with E-state index in [4.69, 9.17) is 5.73 Å². The zero-order valence-corrected chi connectivity index (χ0v) is 12.5. The highest BCUT2D eigenvalue weighted by Gasteiger charge is 2.21. The number of benzene rings is 1. The molecule has 2 rings (SSSR count). The van der Waals surface area contributed by atoms with Crippen molar-refractivity contribution in [3.63, 3.8) is 0 Å². The summed E-state index contributed by atoms with van der Waals surface area (Å²) in [4.78, 5) is 4.62. The molecule has 1 aromatic carbocycles. The molecule has 0 unspecified atom stereocenters. The monoisotopic (exact) mass is 261 g/mol. The highest BCUT2D eigenvalue weighted by molar-refractivity contribution is 5.45.